The quantitative estimate of drug-likeness (QED) is 0.768. The normalized spacial score (nSPS) is 14.9. The Balaban J connectivity index is 1.90. The van der Waals surface area contributed by atoms with Crippen LogP contribution in [0.2, 0.25) is 0 Å². The van der Waals surface area contributed by atoms with Crippen molar-refractivity contribution in [3.8, 4) is 0 Å². The molecule has 0 unspecified atom stereocenters. The molecule has 0 aromatic heterocycles. The van der Waals surface area contributed by atoms with Crippen LogP contribution in [0.4, 0.5) is 11.4 Å². The van der Waals surface area contributed by atoms with E-state index in [1.54, 1.807) is 24.3 Å². The van der Waals surface area contributed by atoms with Gasteiger partial charge in [-0.3, -0.25) is 9.59 Å². The fourth-order valence-electron chi connectivity index (χ4n) is 1.64. The van der Waals surface area contributed by atoms with Crippen molar-refractivity contribution >= 4 is 23.2 Å². The van der Waals surface area contributed by atoms with Crippen molar-refractivity contribution in [1.29, 1.82) is 0 Å². The zero-order chi connectivity index (χ0) is 13.8. The summed E-state index contributed by atoms with van der Waals surface area (Å²) in [5.74, 6) is 0.0425. The minimum Gasteiger partial charge on any atom is -0.326 e. The van der Waals surface area contributed by atoms with Crippen molar-refractivity contribution in [3.05, 3.63) is 24.3 Å². The first-order chi connectivity index (χ1) is 9.06. The second-order valence-electron chi connectivity index (χ2n) is 5.07. The average molecular weight is 261 g/mol. The van der Waals surface area contributed by atoms with Crippen LogP contribution in [0.3, 0.4) is 0 Å². The minimum atomic E-state index is -0.0505. The van der Waals surface area contributed by atoms with Gasteiger partial charge in [-0.2, -0.15) is 0 Å². The van der Waals surface area contributed by atoms with Gasteiger partial charge in [-0.15, -0.1) is 0 Å². The molecule has 1 heterocycles. The highest BCUT2D eigenvalue weighted by Gasteiger charge is 2.24. The molecule has 0 saturated carbocycles. The molecule has 0 aliphatic carbocycles. The maximum Gasteiger partial charge on any atom is 0.230 e. The molecule has 5 nitrogen and oxygen atoms in total. The zero-order valence-electron chi connectivity index (χ0n) is 11.2. The van der Waals surface area contributed by atoms with E-state index >= 15 is 0 Å². The van der Waals surface area contributed by atoms with Gasteiger partial charge in [0.05, 0.1) is 5.92 Å². The lowest BCUT2D eigenvalue weighted by molar-refractivity contribution is -0.121. The van der Waals surface area contributed by atoms with E-state index in [2.05, 4.69) is 16.0 Å². The van der Waals surface area contributed by atoms with Gasteiger partial charge in [-0.25, -0.2) is 0 Å². The van der Waals surface area contributed by atoms with Gasteiger partial charge in [0.2, 0.25) is 11.8 Å². The number of rotatable bonds is 4. The summed E-state index contributed by atoms with van der Waals surface area (Å²) >= 11 is 0. The standard InChI is InChI=1S/C14H19N3O2/c1-9(2)13(18)16-11-3-5-12(6-4-11)17-14(19)10-7-15-8-10/h3-6,9-10,15H,7-8H2,1-2H3,(H,16,18)(H,17,19). The third-order valence-corrected chi connectivity index (χ3v) is 3.10. The van der Waals surface area contributed by atoms with Crippen LogP contribution >= 0.6 is 0 Å². The lowest BCUT2D eigenvalue weighted by atomic mass is 10.0. The third-order valence-electron chi connectivity index (χ3n) is 3.10. The molecule has 1 aromatic carbocycles. The maximum absolute atomic E-state index is 11.7. The van der Waals surface area contributed by atoms with Crippen molar-refractivity contribution < 1.29 is 9.59 Å². The van der Waals surface area contributed by atoms with Crippen LogP contribution in [0, 0.1) is 11.8 Å². The summed E-state index contributed by atoms with van der Waals surface area (Å²) in [6.45, 7) is 5.18. The summed E-state index contributed by atoms with van der Waals surface area (Å²) in [5.41, 5.74) is 1.49. The second kappa shape index (κ2) is 5.84. The van der Waals surface area contributed by atoms with E-state index in [4.69, 9.17) is 0 Å². The Morgan fingerprint density at radius 1 is 1.11 bits per heavy atom. The summed E-state index contributed by atoms with van der Waals surface area (Å²) in [6, 6.07) is 7.16. The molecule has 0 spiro atoms. The van der Waals surface area contributed by atoms with Crippen molar-refractivity contribution in [2.45, 2.75) is 13.8 Å². The van der Waals surface area contributed by atoms with Crippen LogP contribution in [0.5, 0.6) is 0 Å². The highest BCUT2D eigenvalue weighted by atomic mass is 16.2. The molecule has 102 valence electrons. The van der Waals surface area contributed by atoms with Crippen molar-refractivity contribution in [2.24, 2.45) is 11.8 Å². The zero-order valence-corrected chi connectivity index (χ0v) is 11.2. The lowest BCUT2D eigenvalue weighted by Gasteiger charge is -2.25. The van der Waals surface area contributed by atoms with Gasteiger partial charge >= 0.3 is 0 Å². The molecule has 1 aromatic rings. The van der Waals surface area contributed by atoms with Gasteiger partial charge in [0, 0.05) is 30.4 Å². The molecule has 0 bridgehead atoms. The number of carbonyl (C=O) groups is 2. The van der Waals surface area contributed by atoms with E-state index in [0.717, 1.165) is 24.5 Å². The van der Waals surface area contributed by atoms with Gasteiger partial charge in [-0.05, 0) is 24.3 Å². The van der Waals surface area contributed by atoms with E-state index in [1.807, 2.05) is 13.8 Å². The first kappa shape index (κ1) is 13.5. The summed E-state index contributed by atoms with van der Waals surface area (Å²) in [5, 5.41) is 8.72. The van der Waals surface area contributed by atoms with Crippen molar-refractivity contribution in [3.63, 3.8) is 0 Å². The SMILES string of the molecule is CC(C)C(=O)Nc1ccc(NC(=O)C2CNC2)cc1. The van der Waals surface area contributed by atoms with Gasteiger partial charge in [0.15, 0.2) is 0 Å². The van der Waals surface area contributed by atoms with E-state index in [1.165, 1.54) is 0 Å². The van der Waals surface area contributed by atoms with E-state index < -0.39 is 0 Å². The third kappa shape index (κ3) is 3.54. The van der Waals surface area contributed by atoms with Crippen LogP contribution in [0.15, 0.2) is 24.3 Å². The van der Waals surface area contributed by atoms with Crippen LogP contribution in [-0.4, -0.2) is 24.9 Å². The predicted molar refractivity (Wildman–Crippen MR) is 74.9 cm³/mol. The second-order valence-corrected chi connectivity index (χ2v) is 5.07. The van der Waals surface area contributed by atoms with Crippen LogP contribution in [-0.2, 0) is 9.59 Å². The monoisotopic (exact) mass is 261 g/mol. The van der Waals surface area contributed by atoms with E-state index in [-0.39, 0.29) is 23.7 Å². The Bertz CT molecular complexity index is 464. The smallest absolute Gasteiger partial charge is 0.230 e. The highest BCUT2D eigenvalue weighted by Crippen LogP contribution is 2.16. The molecular weight excluding hydrogens is 242 g/mol. The van der Waals surface area contributed by atoms with Crippen LogP contribution < -0.4 is 16.0 Å². The summed E-state index contributed by atoms with van der Waals surface area (Å²) in [4.78, 5) is 23.2. The number of carbonyl (C=O) groups excluding carboxylic acids is 2. The Kier molecular flexibility index (Phi) is 4.16. The molecular formula is C14H19N3O2. The van der Waals surface area contributed by atoms with Crippen molar-refractivity contribution in [1.82, 2.24) is 5.32 Å². The molecule has 2 rings (SSSR count). The molecule has 5 heteroatoms. The lowest BCUT2D eigenvalue weighted by Crippen LogP contribution is -2.48. The first-order valence-electron chi connectivity index (χ1n) is 6.49. The van der Waals surface area contributed by atoms with Gasteiger partial charge in [0.1, 0.15) is 0 Å². The van der Waals surface area contributed by atoms with Crippen LogP contribution in [0.25, 0.3) is 0 Å². The van der Waals surface area contributed by atoms with Crippen LogP contribution in [0.1, 0.15) is 13.8 Å². The molecule has 19 heavy (non-hydrogen) atoms. The van der Waals surface area contributed by atoms with Gasteiger partial charge in [-0.1, -0.05) is 13.8 Å². The van der Waals surface area contributed by atoms with Gasteiger partial charge < -0.3 is 16.0 Å². The molecule has 0 radical (unpaired) electrons. The molecule has 0 atom stereocenters. The molecule has 1 aliphatic rings. The Morgan fingerprint density at radius 2 is 1.63 bits per heavy atom. The topological polar surface area (TPSA) is 70.2 Å². The molecule has 1 saturated heterocycles. The Labute approximate surface area is 112 Å². The average Bonchev–Trinajstić information content (AvgIpc) is 2.29. The predicted octanol–water partition coefficient (Wildman–Crippen LogP) is 1.44. The number of hydrogen-bond acceptors (Lipinski definition) is 3. The van der Waals surface area contributed by atoms with Crippen molar-refractivity contribution in [2.75, 3.05) is 23.7 Å². The highest BCUT2D eigenvalue weighted by molar-refractivity contribution is 5.94. The number of benzene rings is 1. The van der Waals surface area contributed by atoms with E-state index in [9.17, 15) is 9.59 Å². The number of anilines is 2. The Morgan fingerprint density at radius 3 is 2.05 bits per heavy atom. The molecule has 1 fully saturated rings. The number of amides is 2. The number of hydrogen-bond donors (Lipinski definition) is 3. The van der Waals surface area contributed by atoms with Gasteiger partial charge in [0.25, 0.3) is 0 Å². The summed E-state index contributed by atoms with van der Waals surface area (Å²) < 4.78 is 0. The largest absolute Gasteiger partial charge is 0.326 e. The molecule has 3 N–H and O–H groups in total. The fourth-order valence-corrected chi connectivity index (χ4v) is 1.64. The van der Waals surface area contributed by atoms with E-state index in [0.29, 0.717) is 0 Å². The minimum absolute atomic E-state index is 0.0164. The first-order valence-corrected chi connectivity index (χ1v) is 6.49. The fraction of sp³-hybridized carbons (Fsp3) is 0.429. The Hall–Kier alpha value is -1.88. The number of nitrogens with one attached hydrogen (secondary N) is 3. The maximum atomic E-state index is 11.7. The summed E-state index contributed by atoms with van der Waals surface area (Å²) in [6.07, 6.45) is 0. The molecule has 1 aliphatic heterocycles. The summed E-state index contributed by atoms with van der Waals surface area (Å²) in [7, 11) is 0. The molecule has 2 amide bonds.